The predicted molar refractivity (Wildman–Crippen MR) is 50.9 cm³/mol. The summed E-state index contributed by atoms with van der Waals surface area (Å²) in [5.74, 6) is 0. The zero-order chi connectivity index (χ0) is 10.1. The van der Waals surface area contributed by atoms with Crippen LogP contribution >= 0.6 is 0 Å². The number of fused-ring (bicyclic) bond motifs is 1. The maximum atomic E-state index is 10.5. The minimum absolute atomic E-state index is 0.0825. The molecule has 1 aliphatic rings. The molecular weight excluding hydrogens is 182 g/mol. The molecule has 2 rings (SSSR count). The molecule has 5 heteroatoms. The van der Waals surface area contributed by atoms with Gasteiger partial charge in [0.15, 0.2) is 0 Å². The normalized spacial score (nSPS) is 16.4. The molecule has 0 spiro atoms. The van der Waals surface area contributed by atoms with Gasteiger partial charge >= 0.3 is 0 Å². The van der Waals surface area contributed by atoms with Crippen molar-refractivity contribution in [3.05, 3.63) is 33.6 Å². The van der Waals surface area contributed by atoms with Crippen LogP contribution in [0.15, 0.2) is 12.3 Å². The Balaban J connectivity index is 2.37. The molecule has 0 aromatic carbocycles. The summed E-state index contributed by atoms with van der Waals surface area (Å²) in [6, 6.07) is 1.62. The van der Waals surface area contributed by atoms with Gasteiger partial charge in [0, 0.05) is 31.3 Å². The van der Waals surface area contributed by atoms with Crippen molar-refractivity contribution in [2.75, 3.05) is 13.6 Å². The van der Waals surface area contributed by atoms with E-state index in [4.69, 9.17) is 0 Å². The fourth-order valence-corrected chi connectivity index (χ4v) is 1.65. The molecule has 0 saturated carbocycles. The molecular formula is C9H11N3O2. The van der Waals surface area contributed by atoms with Crippen molar-refractivity contribution in [2.24, 2.45) is 0 Å². The van der Waals surface area contributed by atoms with E-state index in [1.54, 1.807) is 6.07 Å². The van der Waals surface area contributed by atoms with Gasteiger partial charge in [0.05, 0.1) is 4.92 Å². The average molecular weight is 193 g/mol. The number of likely N-dealkylation sites (N-methyl/N-ethyl adjacent to an activating group) is 1. The first-order valence-corrected chi connectivity index (χ1v) is 4.47. The molecule has 0 fully saturated rings. The number of hydrogen-bond acceptors (Lipinski definition) is 4. The largest absolute Gasteiger partial charge is 0.302 e. The summed E-state index contributed by atoms with van der Waals surface area (Å²) in [5.41, 5.74) is 2.06. The second kappa shape index (κ2) is 3.34. The van der Waals surface area contributed by atoms with E-state index in [1.807, 2.05) is 7.05 Å². The lowest BCUT2D eigenvalue weighted by Gasteiger charge is -2.23. The summed E-state index contributed by atoms with van der Waals surface area (Å²) in [6.45, 7) is 1.72. The van der Waals surface area contributed by atoms with Crippen LogP contribution in [0.4, 0.5) is 5.69 Å². The van der Waals surface area contributed by atoms with Gasteiger partial charge in [-0.05, 0) is 12.6 Å². The van der Waals surface area contributed by atoms with Crippen molar-refractivity contribution in [3.63, 3.8) is 0 Å². The number of pyridine rings is 1. The van der Waals surface area contributed by atoms with Gasteiger partial charge in [-0.3, -0.25) is 15.1 Å². The quantitative estimate of drug-likeness (QED) is 0.492. The smallest absolute Gasteiger partial charge is 0.287 e. The van der Waals surface area contributed by atoms with Crippen LogP contribution in [0, 0.1) is 10.1 Å². The zero-order valence-electron chi connectivity index (χ0n) is 7.93. The molecule has 1 aromatic heterocycles. The molecule has 0 radical (unpaired) electrons. The van der Waals surface area contributed by atoms with Crippen molar-refractivity contribution in [2.45, 2.75) is 13.0 Å². The summed E-state index contributed by atoms with van der Waals surface area (Å²) in [5, 5.41) is 10.5. The van der Waals surface area contributed by atoms with Gasteiger partial charge < -0.3 is 4.90 Å². The molecule has 0 atom stereocenters. The second-order valence-corrected chi connectivity index (χ2v) is 3.54. The van der Waals surface area contributed by atoms with Crippen LogP contribution in [0.1, 0.15) is 11.3 Å². The van der Waals surface area contributed by atoms with Gasteiger partial charge in [-0.1, -0.05) is 0 Å². The van der Waals surface area contributed by atoms with E-state index < -0.39 is 4.92 Å². The molecule has 14 heavy (non-hydrogen) atoms. The molecule has 0 amide bonds. The van der Waals surface area contributed by atoms with E-state index in [1.165, 1.54) is 6.20 Å². The molecule has 2 heterocycles. The highest BCUT2D eigenvalue weighted by atomic mass is 16.6. The maximum Gasteiger partial charge on any atom is 0.287 e. The number of nitro groups is 1. The van der Waals surface area contributed by atoms with Crippen molar-refractivity contribution < 1.29 is 4.92 Å². The zero-order valence-corrected chi connectivity index (χ0v) is 7.93. The van der Waals surface area contributed by atoms with Crippen LogP contribution in [0.5, 0.6) is 0 Å². The Morgan fingerprint density at radius 3 is 3.14 bits per heavy atom. The molecule has 5 nitrogen and oxygen atoms in total. The maximum absolute atomic E-state index is 10.5. The molecule has 74 valence electrons. The number of rotatable bonds is 1. The van der Waals surface area contributed by atoms with Gasteiger partial charge in [-0.2, -0.15) is 0 Å². The van der Waals surface area contributed by atoms with Gasteiger partial charge in [-0.25, -0.2) is 0 Å². The van der Waals surface area contributed by atoms with Crippen molar-refractivity contribution >= 4 is 5.69 Å². The number of hydrogen-bond donors (Lipinski definition) is 0. The first-order valence-electron chi connectivity index (χ1n) is 4.47. The van der Waals surface area contributed by atoms with E-state index in [-0.39, 0.29) is 5.69 Å². The standard InChI is InChI=1S/C9H11N3O2/c1-11-3-2-9-7(6-11)4-8(5-10-9)12(13)14/h4-5H,2-3,6H2,1H3. The highest BCUT2D eigenvalue weighted by Crippen LogP contribution is 2.20. The molecule has 0 aliphatic carbocycles. The lowest BCUT2D eigenvalue weighted by atomic mass is 10.1. The third kappa shape index (κ3) is 1.58. The monoisotopic (exact) mass is 193 g/mol. The Morgan fingerprint density at radius 2 is 2.43 bits per heavy atom. The number of aromatic nitrogens is 1. The minimum Gasteiger partial charge on any atom is -0.302 e. The Morgan fingerprint density at radius 1 is 1.64 bits per heavy atom. The van der Waals surface area contributed by atoms with Crippen molar-refractivity contribution in [1.82, 2.24) is 9.88 Å². The van der Waals surface area contributed by atoms with E-state index in [0.717, 1.165) is 30.8 Å². The minimum atomic E-state index is -0.401. The third-order valence-electron chi connectivity index (χ3n) is 2.43. The highest BCUT2D eigenvalue weighted by molar-refractivity contribution is 5.35. The summed E-state index contributed by atoms with van der Waals surface area (Å²) in [6.07, 6.45) is 2.22. The Labute approximate surface area is 81.5 Å². The average Bonchev–Trinajstić information content (AvgIpc) is 2.16. The summed E-state index contributed by atoms with van der Waals surface area (Å²) in [4.78, 5) is 16.4. The van der Waals surface area contributed by atoms with Crippen LogP contribution in [-0.4, -0.2) is 28.4 Å². The van der Waals surface area contributed by atoms with Crippen LogP contribution in [-0.2, 0) is 13.0 Å². The lowest BCUT2D eigenvalue weighted by Crippen LogP contribution is -2.27. The van der Waals surface area contributed by atoms with Gasteiger partial charge in [0.1, 0.15) is 6.20 Å². The highest BCUT2D eigenvalue weighted by Gasteiger charge is 2.17. The Bertz CT molecular complexity index is 378. The van der Waals surface area contributed by atoms with Gasteiger partial charge in [0.2, 0.25) is 0 Å². The second-order valence-electron chi connectivity index (χ2n) is 3.54. The first kappa shape index (κ1) is 9.08. The third-order valence-corrected chi connectivity index (χ3v) is 2.43. The van der Waals surface area contributed by atoms with Crippen LogP contribution in [0.25, 0.3) is 0 Å². The van der Waals surface area contributed by atoms with E-state index >= 15 is 0 Å². The van der Waals surface area contributed by atoms with Gasteiger partial charge in [-0.15, -0.1) is 0 Å². The molecule has 0 unspecified atom stereocenters. The SMILES string of the molecule is CN1CCc2ncc([N+](=O)[O-])cc2C1. The first-order chi connectivity index (χ1) is 6.66. The fourth-order valence-electron chi connectivity index (χ4n) is 1.65. The predicted octanol–water partition coefficient (Wildman–Crippen LogP) is 0.978. The Hall–Kier alpha value is -1.49. The van der Waals surface area contributed by atoms with E-state index in [9.17, 15) is 10.1 Å². The topological polar surface area (TPSA) is 59.3 Å². The van der Waals surface area contributed by atoms with Crippen LogP contribution in [0.2, 0.25) is 0 Å². The molecule has 0 N–H and O–H groups in total. The summed E-state index contributed by atoms with van der Waals surface area (Å²) in [7, 11) is 2.00. The van der Waals surface area contributed by atoms with Crippen molar-refractivity contribution in [3.8, 4) is 0 Å². The molecule has 0 bridgehead atoms. The van der Waals surface area contributed by atoms with Crippen LogP contribution in [0.3, 0.4) is 0 Å². The van der Waals surface area contributed by atoms with Crippen LogP contribution < -0.4 is 0 Å². The van der Waals surface area contributed by atoms with E-state index in [0.29, 0.717) is 0 Å². The fraction of sp³-hybridized carbons (Fsp3) is 0.444. The summed E-state index contributed by atoms with van der Waals surface area (Å²) >= 11 is 0. The van der Waals surface area contributed by atoms with Crippen molar-refractivity contribution in [1.29, 1.82) is 0 Å². The Kier molecular flexibility index (Phi) is 2.17. The molecule has 1 aromatic rings. The lowest BCUT2D eigenvalue weighted by molar-refractivity contribution is -0.385. The molecule has 1 aliphatic heterocycles. The molecule has 0 saturated heterocycles. The summed E-state index contributed by atoms with van der Waals surface area (Å²) < 4.78 is 0. The van der Waals surface area contributed by atoms with Gasteiger partial charge in [0.25, 0.3) is 5.69 Å². The van der Waals surface area contributed by atoms with E-state index in [2.05, 4.69) is 9.88 Å². The number of nitrogens with zero attached hydrogens (tertiary/aromatic N) is 3.